The highest BCUT2D eigenvalue weighted by molar-refractivity contribution is 5.92. The van der Waals surface area contributed by atoms with Gasteiger partial charge in [0.15, 0.2) is 18.1 Å². The average Bonchev–Trinajstić information content (AvgIpc) is 2.43. The summed E-state index contributed by atoms with van der Waals surface area (Å²) in [7, 11) is 0. The van der Waals surface area contributed by atoms with Crippen molar-refractivity contribution in [3.63, 3.8) is 0 Å². The molecule has 0 aliphatic heterocycles. The Balaban J connectivity index is 1.96. The number of anilines is 1. The highest BCUT2D eigenvalue weighted by Gasteiger charge is 2.08. The second-order valence-electron chi connectivity index (χ2n) is 4.55. The normalized spacial score (nSPS) is 10.1. The second-order valence-corrected chi connectivity index (χ2v) is 4.55. The monoisotopic (exact) mass is 271 g/mol. The number of phenolic OH excluding ortho intramolecular Hbond substituents is 1. The van der Waals surface area contributed by atoms with E-state index >= 15 is 0 Å². The van der Waals surface area contributed by atoms with Crippen LogP contribution in [0.3, 0.4) is 0 Å². The van der Waals surface area contributed by atoms with Gasteiger partial charge in [0.1, 0.15) is 0 Å². The number of aryl methyl sites for hydroxylation is 1. The lowest BCUT2D eigenvalue weighted by molar-refractivity contribution is -0.118. The molecule has 0 radical (unpaired) electrons. The molecule has 0 heterocycles. The van der Waals surface area contributed by atoms with Gasteiger partial charge in [-0.05, 0) is 43.2 Å². The van der Waals surface area contributed by atoms with Gasteiger partial charge in [-0.25, -0.2) is 0 Å². The van der Waals surface area contributed by atoms with E-state index in [0.717, 1.165) is 16.8 Å². The minimum atomic E-state index is -0.262. The molecule has 4 heteroatoms. The Morgan fingerprint density at radius 3 is 2.65 bits per heavy atom. The number of amides is 1. The Morgan fingerprint density at radius 2 is 1.90 bits per heavy atom. The fourth-order valence-corrected chi connectivity index (χ4v) is 1.80. The molecule has 0 fully saturated rings. The maximum absolute atomic E-state index is 11.8. The number of carbonyl (C=O) groups excluding carboxylic acids is 1. The molecular weight excluding hydrogens is 254 g/mol. The first-order valence-electron chi connectivity index (χ1n) is 6.35. The van der Waals surface area contributed by atoms with Crippen molar-refractivity contribution >= 4 is 11.6 Å². The SMILES string of the molecule is Cc1cccc(NC(=O)COc2ccccc2O)c1C. The molecule has 2 N–H and O–H groups in total. The van der Waals surface area contributed by atoms with E-state index in [1.807, 2.05) is 32.0 Å². The molecule has 0 unspecified atom stereocenters. The fourth-order valence-electron chi connectivity index (χ4n) is 1.80. The van der Waals surface area contributed by atoms with Crippen LogP contribution in [0.4, 0.5) is 5.69 Å². The Morgan fingerprint density at radius 1 is 1.15 bits per heavy atom. The number of aromatic hydroxyl groups is 1. The first kappa shape index (κ1) is 13.9. The summed E-state index contributed by atoms with van der Waals surface area (Å²) in [5.74, 6) is 0.0533. The molecule has 2 aromatic rings. The van der Waals surface area contributed by atoms with Crippen molar-refractivity contribution in [1.82, 2.24) is 0 Å². The van der Waals surface area contributed by atoms with E-state index in [0.29, 0.717) is 5.75 Å². The first-order chi connectivity index (χ1) is 9.58. The number of hydrogen-bond donors (Lipinski definition) is 2. The van der Waals surface area contributed by atoms with Crippen molar-refractivity contribution in [2.24, 2.45) is 0 Å². The van der Waals surface area contributed by atoms with Crippen molar-refractivity contribution < 1.29 is 14.6 Å². The summed E-state index contributed by atoms with van der Waals surface area (Å²) in [4.78, 5) is 11.8. The van der Waals surface area contributed by atoms with Crippen LogP contribution in [0.2, 0.25) is 0 Å². The summed E-state index contributed by atoms with van der Waals surface area (Å²) in [6.07, 6.45) is 0. The van der Waals surface area contributed by atoms with E-state index in [9.17, 15) is 9.90 Å². The minimum absolute atomic E-state index is 0.0204. The summed E-state index contributed by atoms with van der Waals surface area (Å²) in [6.45, 7) is 3.79. The number of ether oxygens (including phenoxy) is 1. The van der Waals surface area contributed by atoms with Gasteiger partial charge in [0.2, 0.25) is 0 Å². The quantitative estimate of drug-likeness (QED) is 0.898. The van der Waals surface area contributed by atoms with Gasteiger partial charge in [-0.15, -0.1) is 0 Å². The Kier molecular flexibility index (Phi) is 4.25. The maximum Gasteiger partial charge on any atom is 0.262 e. The average molecular weight is 271 g/mol. The van der Waals surface area contributed by atoms with Crippen molar-refractivity contribution in [2.45, 2.75) is 13.8 Å². The van der Waals surface area contributed by atoms with Crippen LogP contribution in [0.25, 0.3) is 0 Å². The minimum Gasteiger partial charge on any atom is -0.504 e. The van der Waals surface area contributed by atoms with Gasteiger partial charge in [-0.1, -0.05) is 24.3 Å². The zero-order valence-corrected chi connectivity index (χ0v) is 11.5. The summed E-state index contributed by atoms with van der Waals surface area (Å²) in [5.41, 5.74) is 2.92. The molecule has 0 saturated heterocycles. The zero-order valence-electron chi connectivity index (χ0n) is 11.5. The van der Waals surface area contributed by atoms with Crippen molar-refractivity contribution in [3.8, 4) is 11.5 Å². The Bertz CT molecular complexity index is 623. The molecule has 1 amide bonds. The van der Waals surface area contributed by atoms with Gasteiger partial charge >= 0.3 is 0 Å². The molecule has 0 aromatic heterocycles. The molecule has 4 nitrogen and oxygen atoms in total. The van der Waals surface area contributed by atoms with Gasteiger partial charge in [0.05, 0.1) is 0 Å². The van der Waals surface area contributed by atoms with Gasteiger partial charge in [0.25, 0.3) is 5.91 Å². The standard InChI is InChI=1S/C16H17NO3/c1-11-6-5-7-13(12(11)2)17-16(19)10-20-15-9-4-3-8-14(15)18/h3-9,18H,10H2,1-2H3,(H,17,19). The second kappa shape index (κ2) is 6.10. The van der Waals surface area contributed by atoms with Crippen LogP contribution in [0.1, 0.15) is 11.1 Å². The summed E-state index contributed by atoms with van der Waals surface area (Å²) in [5, 5.41) is 12.3. The molecule has 2 aromatic carbocycles. The number of nitrogens with one attached hydrogen (secondary N) is 1. The molecule has 0 saturated carbocycles. The molecule has 0 aliphatic carbocycles. The van der Waals surface area contributed by atoms with Crippen LogP contribution in [0.5, 0.6) is 11.5 Å². The highest BCUT2D eigenvalue weighted by Crippen LogP contribution is 2.24. The molecule has 0 aliphatic rings. The van der Waals surface area contributed by atoms with E-state index in [1.54, 1.807) is 18.2 Å². The molecule has 104 valence electrons. The Labute approximate surface area is 118 Å². The molecular formula is C16H17NO3. The van der Waals surface area contributed by atoms with E-state index in [4.69, 9.17) is 4.74 Å². The third-order valence-corrected chi connectivity index (χ3v) is 3.10. The summed E-state index contributed by atoms with van der Waals surface area (Å²) >= 11 is 0. The first-order valence-corrected chi connectivity index (χ1v) is 6.35. The molecule has 0 bridgehead atoms. The summed E-state index contributed by atoms with van der Waals surface area (Å²) in [6, 6.07) is 12.3. The van der Waals surface area contributed by atoms with Crippen LogP contribution < -0.4 is 10.1 Å². The maximum atomic E-state index is 11.8. The van der Waals surface area contributed by atoms with Gasteiger partial charge in [-0.2, -0.15) is 0 Å². The van der Waals surface area contributed by atoms with E-state index < -0.39 is 0 Å². The van der Waals surface area contributed by atoms with Gasteiger partial charge in [-0.3, -0.25) is 4.79 Å². The number of benzene rings is 2. The summed E-state index contributed by atoms with van der Waals surface area (Å²) < 4.78 is 5.28. The molecule has 20 heavy (non-hydrogen) atoms. The van der Waals surface area contributed by atoms with Gasteiger partial charge in [0, 0.05) is 5.69 Å². The third-order valence-electron chi connectivity index (χ3n) is 3.10. The predicted molar refractivity (Wildman–Crippen MR) is 78.1 cm³/mol. The number of phenols is 1. The van der Waals surface area contributed by atoms with Gasteiger partial charge < -0.3 is 15.2 Å². The Hall–Kier alpha value is -2.49. The van der Waals surface area contributed by atoms with Crippen LogP contribution in [-0.2, 0) is 4.79 Å². The fraction of sp³-hybridized carbons (Fsp3) is 0.188. The topological polar surface area (TPSA) is 58.6 Å². The van der Waals surface area contributed by atoms with Crippen molar-refractivity contribution in [3.05, 3.63) is 53.6 Å². The van der Waals surface area contributed by atoms with Crippen LogP contribution >= 0.6 is 0 Å². The number of para-hydroxylation sites is 2. The lowest BCUT2D eigenvalue weighted by atomic mass is 10.1. The van der Waals surface area contributed by atoms with Crippen LogP contribution in [-0.4, -0.2) is 17.6 Å². The zero-order chi connectivity index (χ0) is 14.5. The van der Waals surface area contributed by atoms with E-state index in [-0.39, 0.29) is 18.3 Å². The van der Waals surface area contributed by atoms with Crippen molar-refractivity contribution in [1.29, 1.82) is 0 Å². The number of hydrogen-bond acceptors (Lipinski definition) is 3. The number of rotatable bonds is 4. The highest BCUT2D eigenvalue weighted by atomic mass is 16.5. The van der Waals surface area contributed by atoms with E-state index in [1.165, 1.54) is 6.07 Å². The predicted octanol–water partition coefficient (Wildman–Crippen LogP) is 3.03. The lowest BCUT2D eigenvalue weighted by Crippen LogP contribution is -2.20. The van der Waals surface area contributed by atoms with Crippen LogP contribution in [0.15, 0.2) is 42.5 Å². The molecule has 2 rings (SSSR count). The smallest absolute Gasteiger partial charge is 0.262 e. The van der Waals surface area contributed by atoms with Crippen LogP contribution in [0, 0.1) is 13.8 Å². The number of carbonyl (C=O) groups is 1. The molecule has 0 spiro atoms. The lowest BCUT2D eigenvalue weighted by Gasteiger charge is -2.11. The molecule has 0 atom stereocenters. The third kappa shape index (κ3) is 3.29. The van der Waals surface area contributed by atoms with Crippen molar-refractivity contribution in [2.75, 3.05) is 11.9 Å². The van der Waals surface area contributed by atoms with E-state index in [2.05, 4.69) is 5.32 Å². The largest absolute Gasteiger partial charge is 0.504 e.